The van der Waals surface area contributed by atoms with E-state index in [-0.39, 0.29) is 13.4 Å². The Morgan fingerprint density at radius 2 is 0.628 bits per heavy atom. The van der Waals surface area contributed by atoms with Gasteiger partial charge in [0.2, 0.25) is 0 Å². The summed E-state index contributed by atoms with van der Waals surface area (Å²) in [5, 5.41) is 0. The van der Waals surface area contributed by atoms with Crippen molar-refractivity contribution in [2.24, 2.45) is 0 Å². The Morgan fingerprint density at radius 3 is 1.27 bits per heavy atom. The van der Waals surface area contributed by atoms with E-state index in [4.69, 9.17) is 18.9 Å². The average Bonchev–Trinajstić information content (AvgIpc) is 3.38. The van der Waals surface area contributed by atoms with Crippen molar-refractivity contribution in [1.29, 1.82) is 0 Å². The molecule has 0 saturated carbocycles. The van der Waals surface area contributed by atoms with Gasteiger partial charge in [0.1, 0.15) is 46.0 Å². The largest absolute Gasteiger partial charge is 0.458 e. The summed E-state index contributed by atoms with van der Waals surface area (Å²) in [6.45, 7) is -0.197. The molecule has 12 aromatic rings. The molecule has 16 rings (SSSR count). The van der Waals surface area contributed by atoms with Crippen molar-refractivity contribution in [1.82, 2.24) is 0 Å². The van der Waals surface area contributed by atoms with Crippen LogP contribution in [0.25, 0.3) is 77.9 Å². The van der Waals surface area contributed by atoms with Crippen LogP contribution < -0.4 is 51.7 Å². The molecule has 4 aliphatic heterocycles. The first-order valence-electron chi connectivity index (χ1n) is 26.7. The van der Waals surface area contributed by atoms with Crippen LogP contribution in [0.3, 0.4) is 0 Å². The zero-order chi connectivity index (χ0) is 51.3. The molecule has 4 aliphatic rings. The molecule has 0 radical (unpaired) electrons. The van der Waals surface area contributed by atoms with Crippen molar-refractivity contribution >= 4 is 46.2 Å². The van der Waals surface area contributed by atoms with E-state index in [1.54, 1.807) is 0 Å². The molecule has 0 atom stereocenters. The highest BCUT2D eigenvalue weighted by Gasteiger charge is 2.44. The van der Waals surface area contributed by atoms with Gasteiger partial charge in [-0.25, -0.2) is 0 Å². The van der Waals surface area contributed by atoms with Crippen LogP contribution in [-0.4, -0.2) is 13.4 Å². The lowest BCUT2D eigenvalue weighted by Crippen LogP contribution is -2.57. The molecular formula is C72H44B2O4. The fourth-order valence-electron chi connectivity index (χ4n) is 12.5. The maximum absolute atomic E-state index is 7.29. The van der Waals surface area contributed by atoms with E-state index in [2.05, 4.69) is 261 Å². The van der Waals surface area contributed by atoms with Gasteiger partial charge in [0.05, 0.1) is 0 Å². The van der Waals surface area contributed by atoms with Gasteiger partial charge in [0, 0.05) is 27.6 Å². The maximum atomic E-state index is 7.29. The molecule has 362 valence electrons. The fraction of sp³-hybridized carbons (Fsp3) is 0. The first-order valence-corrected chi connectivity index (χ1v) is 26.7. The van der Waals surface area contributed by atoms with Crippen LogP contribution >= 0.6 is 0 Å². The molecule has 0 amide bonds. The minimum Gasteiger partial charge on any atom is -0.458 e. The van der Waals surface area contributed by atoms with Crippen LogP contribution in [0.5, 0.6) is 46.0 Å². The number of para-hydroxylation sites is 2. The molecule has 0 aromatic heterocycles. The standard InChI is InChI=1S/C72H44B2O4/c1-5-16-45(17-6-1)53-34-37-59-65(42-53)76-67-44-55(46-18-7-2-8-19-46)43-66-68(67)73(59)62-41-52(35-38-63(62)75-66)48-32-30-47(31-33-48)51-24-13-25-54(40-51)58-36-39-64-69-72(58)78-71-57(50-22-11-4-12-23-50)27-15-29-61(71)74(69)60-28-14-26-56(70(60)77-64)49-20-9-3-10-21-49/h1-44H. The highest BCUT2D eigenvalue weighted by atomic mass is 16.5. The predicted octanol–water partition coefficient (Wildman–Crippen LogP) is 14.8. The third-order valence-electron chi connectivity index (χ3n) is 16.2. The lowest BCUT2D eigenvalue weighted by Gasteiger charge is -2.35. The molecule has 78 heavy (non-hydrogen) atoms. The van der Waals surface area contributed by atoms with Crippen molar-refractivity contribution < 1.29 is 18.9 Å². The summed E-state index contributed by atoms with van der Waals surface area (Å²) in [7, 11) is 0. The first kappa shape index (κ1) is 44.3. The molecule has 0 saturated heterocycles. The molecule has 0 bridgehead atoms. The second-order valence-electron chi connectivity index (χ2n) is 20.6. The van der Waals surface area contributed by atoms with Crippen molar-refractivity contribution in [2.75, 3.05) is 0 Å². The molecule has 4 heterocycles. The van der Waals surface area contributed by atoms with Gasteiger partial charge >= 0.3 is 0 Å². The third kappa shape index (κ3) is 7.18. The summed E-state index contributed by atoms with van der Waals surface area (Å²) in [4.78, 5) is 0. The lowest BCUT2D eigenvalue weighted by molar-refractivity contribution is 0.465. The van der Waals surface area contributed by atoms with Gasteiger partial charge in [-0.15, -0.1) is 0 Å². The van der Waals surface area contributed by atoms with E-state index < -0.39 is 0 Å². The average molecular weight is 995 g/mol. The normalized spacial score (nSPS) is 12.7. The molecule has 0 fully saturated rings. The summed E-state index contributed by atoms with van der Waals surface area (Å²) in [6.07, 6.45) is 0. The van der Waals surface area contributed by atoms with Gasteiger partial charge in [0.15, 0.2) is 0 Å². The SMILES string of the molecule is c1ccc(-c2ccc3c(c2)Oc2cc(-c4ccccc4)cc4c2B3c2cc(-c3ccc(-c5cccc(-c6ccc7c8c6Oc6c(cccc6-c6ccccc6)B8c6cccc(-c8ccccc8)c6O7)c5)cc3)ccc2O4)cc1. The highest BCUT2D eigenvalue weighted by molar-refractivity contribution is 6.99. The van der Waals surface area contributed by atoms with Crippen LogP contribution in [-0.2, 0) is 0 Å². The zero-order valence-corrected chi connectivity index (χ0v) is 42.2. The Labute approximate surface area is 453 Å². The van der Waals surface area contributed by atoms with Gasteiger partial charge < -0.3 is 18.9 Å². The first-order chi connectivity index (χ1) is 38.6. The Kier molecular flexibility index (Phi) is 10.1. The Balaban J connectivity index is 0.763. The van der Waals surface area contributed by atoms with Gasteiger partial charge in [0.25, 0.3) is 13.4 Å². The van der Waals surface area contributed by atoms with Crippen molar-refractivity contribution in [2.45, 2.75) is 0 Å². The second kappa shape index (κ2) is 17.8. The summed E-state index contributed by atoms with van der Waals surface area (Å²) in [5.74, 6) is 6.75. The molecule has 0 spiro atoms. The van der Waals surface area contributed by atoms with Gasteiger partial charge in [-0.1, -0.05) is 224 Å². The van der Waals surface area contributed by atoms with Gasteiger partial charge in [-0.05, 0) is 126 Å². The van der Waals surface area contributed by atoms with Gasteiger partial charge in [-0.3, -0.25) is 0 Å². The van der Waals surface area contributed by atoms with Crippen LogP contribution in [0.2, 0.25) is 0 Å². The summed E-state index contributed by atoms with van der Waals surface area (Å²) >= 11 is 0. The lowest BCUT2D eigenvalue weighted by atomic mass is 9.34. The molecule has 4 nitrogen and oxygen atoms in total. The van der Waals surface area contributed by atoms with Crippen LogP contribution in [0, 0.1) is 0 Å². The quantitative estimate of drug-likeness (QED) is 0.149. The number of fused-ring (bicyclic) bond motifs is 8. The monoisotopic (exact) mass is 994 g/mol. The zero-order valence-electron chi connectivity index (χ0n) is 42.2. The smallest absolute Gasteiger partial charge is 0.260 e. The number of hydrogen-bond donors (Lipinski definition) is 0. The van der Waals surface area contributed by atoms with E-state index in [1.807, 2.05) is 6.07 Å². The van der Waals surface area contributed by atoms with Crippen molar-refractivity contribution in [3.63, 3.8) is 0 Å². The third-order valence-corrected chi connectivity index (χ3v) is 16.2. The molecule has 6 heteroatoms. The highest BCUT2D eigenvalue weighted by Crippen LogP contribution is 2.46. The predicted molar refractivity (Wildman–Crippen MR) is 320 cm³/mol. The minimum atomic E-state index is -0.112. The van der Waals surface area contributed by atoms with Crippen molar-refractivity contribution in [3.05, 3.63) is 267 Å². The Morgan fingerprint density at radius 1 is 0.192 bits per heavy atom. The van der Waals surface area contributed by atoms with Gasteiger partial charge in [-0.2, -0.15) is 0 Å². The second-order valence-corrected chi connectivity index (χ2v) is 20.6. The van der Waals surface area contributed by atoms with Crippen LogP contribution in [0.4, 0.5) is 0 Å². The fourth-order valence-corrected chi connectivity index (χ4v) is 12.5. The van der Waals surface area contributed by atoms with Crippen LogP contribution in [0.1, 0.15) is 0 Å². The van der Waals surface area contributed by atoms with E-state index in [9.17, 15) is 0 Å². The van der Waals surface area contributed by atoms with Crippen molar-refractivity contribution in [3.8, 4) is 124 Å². The van der Waals surface area contributed by atoms with E-state index in [0.29, 0.717) is 0 Å². The summed E-state index contributed by atoms with van der Waals surface area (Å²) < 4.78 is 28.0. The number of benzene rings is 12. The molecular weight excluding hydrogens is 950 g/mol. The molecule has 12 aromatic carbocycles. The molecule has 0 unspecified atom stereocenters. The summed E-state index contributed by atoms with van der Waals surface area (Å²) in [6, 6.07) is 94.8. The van der Waals surface area contributed by atoms with E-state index in [1.165, 1.54) is 0 Å². The topological polar surface area (TPSA) is 36.9 Å². The number of rotatable bonds is 7. The Hall–Kier alpha value is -10.0. The molecule has 0 N–H and O–H groups in total. The van der Waals surface area contributed by atoms with Crippen LogP contribution in [0.15, 0.2) is 267 Å². The Bertz CT molecular complexity index is 4360. The maximum Gasteiger partial charge on any atom is 0.260 e. The number of ether oxygens (including phenoxy) is 4. The molecule has 0 aliphatic carbocycles. The number of hydrogen-bond acceptors (Lipinski definition) is 4. The van der Waals surface area contributed by atoms with E-state index in [0.717, 1.165) is 157 Å². The minimum absolute atomic E-state index is 0.0846. The van der Waals surface area contributed by atoms with E-state index >= 15 is 0 Å². The summed E-state index contributed by atoms with van der Waals surface area (Å²) in [5.41, 5.74) is 21.9.